The van der Waals surface area contributed by atoms with Crippen LogP contribution in [0.25, 0.3) is 0 Å². The van der Waals surface area contributed by atoms with E-state index in [-0.39, 0.29) is 0 Å². The zero-order chi connectivity index (χ0) is 14.0. The molecule has 0 aromatic heterocycles. The SMILES string of the molecule is CCCCCCCCC1CCC(N2CCCCO2)CC1. The minimum absolute atomic E-state index is 0.733. The van der Waals surface area contributed by atoms with E-state index in [1.54, 1.807) is 0 Å². The number of rotatable bonds is 8. The molecule has 1 heterocycles. The summed E-state index contributed by atoms with van der Waals surface area (Å²) in [6.07, 6.45) is 18.4. The van der Waals surface area contributed by atoms with E-state index in [0.29, 0.717) is 0 Å². The molecule has 2 rings (SSSR count). The highest BCUT2D eigenvalue weighted by atomic mass is 16.7. The van der Waals surface area contributed by atoms with Crippen LogP contribution in [-0.2, 0) is 4.84 Å². The molecule has 2 aliphatic rings. The zero-order valence-electron chi connectivity index (χ0n) is 13.6. The first-order valence-electron chi connectivity index (χ1n) is 9.29. The summed E-state index contributed by atoms with van der Waals surface area (Å²) in [4.78, 5) is 5.82. The van der Waals surface area contributed by atoms with Crippen molar-refractivity contribution in [2.24, 2.45) is 5.92 Å². The Balaban J connectivity index is 1.50. The Morgan fingerprint density at radius 2 is 1.65 bits per heavy atom. The molecule has 0 atom stereocenters. The van der Waals surface area contributed by atoms with Crippen LogP contribution < -0.4 is 0 Å². The van der Waals surface area contributed by atoms with E-state index < -0.39 is 0 Å². The summed E-state index contributed by atoms with van der Waals surface area (Å²) in [6.45, 7) is 4.43. The maximum Gasteiger partial charge on any atom is 0.0685 e. The van der Waals surface area contributed by atoms with Crippen LogP contribution in [0.3, 0.4) is 0 Å². The van der Waals surface area contributed by atoms with Crippen molar-refractivity contribution in [1.82, 2.24) is 5.06 Å². The lowest BCUT2D eigenvalue weighted by atomic mass is 9.82. The van der Waals surface area contributed by atoms with Gasteiger partial charge in [0.05, 0.1) is 6.61 Å². The average Bonchev–Trinajstić information content (AvgIpc) is 2.52. The number of nitrogens with zero attached hydrogens (tertiary/aromatic N) is 1. The lowest BCUT2D eigenvalue weighted by Crippen LogP contribution is -2.41. The fourth-order valence-corrected chi connectivity index (χ4v) is 3.84. The van der Waals surface area contributed by atoms with Gasteiger partial charge in [-0.3, -0.25) is 4.84 Å². The molecule has 1 saturated heterocycles. The summed E-state index contributed by atoms with van der Waals surface area (Å²) in [7, 11) is 0. The van der Waals surface area contributed by atoms with E-state index in [1.165, 1.54) is 90.0 Å². The molecule has 0 spiro atoms. The lowest BCUT2D eigenvalue weighted by molar-refractivity contribution is -0.212. The molecule has 0 amide bonds. The van der Waals surface area contributed by atoms with Gasteiger partial charge in [-0.1, -0.05) is 51.9 Å². The Morgan fingerprint density at radius 3 is 2.35 bits per heavy atom. The molecule has 2 heteroatoms. The third-order valence-electron chi connectivity index (χ3n) is 5.22. The molecule has 0 aromatic rings. The van der Waals surface area contributed by atoms with Crippen molar-refractivity contribution in [2.75, 3.05) is 13.2 Å². The first kappa shape index (κ1) is 16.3. The average molecular weight is 281 g/mol. The van der Waals surface area contributed by atoms with Gasteiger partial charge in [-0.2, -0.15) is 5.06 Å². The van der Waals surface area contributed by atoms with Gasteiger partial charge in [-0.05, 0) is 44.4 Å². The molecule has 1 aliphatic heterocycles. The molecule has 2 fully saturated rings. The molecular weight excluding hydrogens is 246 g/mol. The molecular formula is C18H35NO. The van der Waals surface area contributed by atoms with Crippen LogP contribution in [0.4, 0.5) is 0 Å². The van der Waals surface area contributed by atoms with Gasteiger partial charge in [0.25, 0.3) is 0 Å². The minimum Gasteiger partial charge on any atom is -0.299 e. The van der Waals surface area contributed by atoms with Gasteiger partial charge >= 0.3 is 0 Å². The number of unbranched alkanes of at least 4 members (excludes halogenated alkanes) is 5. The molecule has 20 heavy (non-hydrogen) atoms. The second kappa shape index (κ2) is 9.78. The van der Waals surface area contributed by atoms with Crippen molar-refractivity contribution < 1.29 is 4.84 Å². The van der Waals surface area contributed by atoms with Crippen LogP contribution in [0.15, 0.2) is 0 Å². The van der Waals surface area contributed by atoms with Crippen molar-refractivity contribution in [3.63, 3.8) is 0 Å². The highest BCUT2D eigenvalue weighted by molar-refractivity contribution is 4.77. The van der Waals surface area contributed by atoms with Gasteiger partial charge in [0.15, 0.2) is 0 Å². The van der Waals surface area contributed by atoms with E-state index >= 15 is 0 Å². The van der Waals surface area contributed by atoms with Crippen LogP contribution in [0.5, 0.6) is 0 Å². The lowest BCUT2D eigenvalue weighted by Gasteiger charge is -2.38. The standard InChI is InChI=1S/C18H35NO/c1-2-3-4-5-6-7-10-17-11-13-18(14-12-17)19-15-8-9-16-20-19/h17-18H,2-16H2,1H3. The van der Waals surface area contributed by atoms with Gasteiger partial charge in [0, 0.05) is 12.6 Å². The van der Waals surface area contributed by atoms with E-state index in [4.69, 9.17) is 4.84 Å². The van der Waals surface area contributed by atoms with Crippen molar-refractivity contribution in [3.05, 3.63) is 0 Å². The number of hydrogen-bond acceptors (Lipinski definition) is 2. The topological polar surface area (TPSA) is 12.5 Å². The summed E-state index contributed by atoms with van der Waals surface area (Å²) in [5.41, 5.74) is 0. The monoisotopic (exact) mass is 281 g/mol. The Morgan fingerprint density at radius 1 is 0.900 bits per heavy atom. The highest BCUT2D eigenvalue weighted by Crippen LogP contribution is 2.32. The van der Waals surface area contributed by atoms with Crippen LogP contribution in [0.2, 0.25) is 0 Å². The van der Waals surface area contributed by atoms with E-state index in [1.807, 2.05) is 0 Å². The van der Waals surface area contributed by atoms with Crippen LogP contribution in [0, 0.1) is 5.92 Å². The number of hydrogen-bond donors (Lipinski definition) is 0. The molecule has 0 N–H and O–H groups in total. The highest BCUT2D eigenvalue weighted by Gasteiger charge is 2.27. The fourth-order valence-electron chi connectivity index (χ4n) is 3.84. The van der Waals surface area contributed by atoms with Crippen molar-refractivity contribution in [2.45, 2.75) is 96.4 Å². The van der Waals surface area contributed by atoms with Crippen LogP contribution in [-0.4, -0.2) is 24.3 Å². The Bertz CT molecular complexity index is 230. The minimum atomic E-state index is 0.733. The second-order valence-electron chi connectivity index (χ2n) is 6.91. The predicted molar refractivity (Wildman–Crippen MR) is 85.6 cm³/mol. The molecule has 0 aromatic carbocycles. The maximum atomic E-state index is 5.82. The molecule has 0 bridgehead atoms. The van der Waals surface area contributed by atoms with Gasteiger partial charge in [0.1, 0.15) is 0 Å². The number of hydroxylamine groups is 2. The van der Waals surface area contributed by atoms with Gasteiger partial charge in [0.2, 0.25) is 0 Å². The van der Waals surface area contributed by atoms with E-state index in [9.17, 15) is 0 Å². The smallest absolute Gasteiger partial charge is 0.0685 e. The maximum absolute atomic E-state index is 5.82. The van der Waals surface area contributed by atoms with Crippen molar-refractivity contribution in [3.8, 4) is 0 Å². The largest absolute Gasteiger partial charge is 0.299 e. The fraction of sp³-hybridized carbons (Fsp3) is 1.00. The van der Waals surface area contributed by atoms with Gasteiger partial charge < -0.3 is 0 Å². The van der Waals surface area contributed by atoms with Crippen molar-refractivity contribution >= 4 is 0 Å². The second-order valence-corrected chi connectivity index (χ2v) is 6.91. The Hall–Kier alpha value is -0.0800. The molecule has 1 saturated carbocycles. The van der Waals surface area contributed by atoms with Gasteiger partial charge in [-0.15, -0.1) is 0 Å². The summed E-state index contributed by atoms with van der Waals surface area (Å²) in [6, 6.07) is 0.733. The van der Waals surface area contributed by atoms with Crippen LogP contribution in [0.1, 0.15) is 90.4 Å². The molecule has 0 radical (unpaired) electrons. The van der Waals surface area contributed by atoms with E-state index in [2.05, 4.69) is 12.0 Å². The van der Waals surface area contributed by atoms with Gasteiger partial charge in [-0.25, -0.2) is 0 Å². The third kappa shape index (κ3) is 5.73. The third-order valence-corrected chi connectivity index (χ3v) is 5.22. The first-order chi connectivity index (χ1) is 9.90. The Labute approximate surface area is 126 Å². The quantitative estimate of drug-likeness (QED) is 0.558. The summed E-state index contributed by atoms with van der Waals surface area (Å²) in [5, 5.41) is 2.31. The normalized spacial score (nSPS) is 28.6. The first-order valence-corrected chi connectivity index (χ1v) is 9.29. The molecule has 0 unspecified atom stereocenters. The zero-order valence-corrected chi connectivity index (χ0v) is 13.6. The Kier molecular flexibility index (Phi) is 7.97. The molecule has 118 valence electrons. The summed E-state index contributed by atoms with van der Waals surface area (Å²) in [5.74, 6) is 1.02. The predicted octanol–water partition coefficient (Wildman–Crippen LogP) is 5.32. The van der Waals surface area contributed by atoms with Crippen LogP contribution >= 0.6 is 0 Å². The van der Waals surface area contributed by atoms with E-state index in [0.717, 1.165) is 18.6 Å². The molecule has 1 aliphatic carbocycles. The molecule has 2 nitrogen and oxygen atoms in total. The summed E-state index contributed by atoms with van der Waals surface area (Å²) < 4.78 is 0. The van der Waals surface area contributed by atoms with Crippen molar-refractivity contribution in [1.29, 1.82) is 0 Å². The summed E-state index contributed by atoms with van der Waals surface area (Å²) >= 11 is 0.